The molecule has 0 aliphatic rings. The Labute approximate surface area is 112 Å². The molecule has 0 radical (unpaired) electrons. The summed E-state index contributed by atoms with van der Waals surface area (Å²) in [6.07, 6.45) is 5.36. The van der Waals surface area contributed by atoms with Crippen LogP contribution in [0.2, 0.25) is 0 Å². The third kappa shape index (κ3) is 3.22. The predicted octanol–water partition coefficient (Wildman–Crippen LogP) is 4.35. The number of benzene rings is 1. The molecule has 2 rings (SSSR count). The van der Waals surface area contributed by atoms with Gasteiger partial charge in [-0.25, -0.2) is 4.39 Å². The molecule has 96 valence electrons. The molecule has 0 fully saturated rings. The van der Waals surface area contributed by atoms with Gasteiger partial charge in [-0.15, -0.1) is 0 Å². The van der Waals surface area contributed by atoms with Crippen molar-refractivity contribution in [2.24, 2.45) is 0 Å². The van der Waals surface area contributed by atoms with Gasteiger partial charge in [0.1, 0.15) is 5.82 Å². The van der Waals surface area contributed by atoms with Crippen LogP contribution < -0.4 is 5.32 Å². The lowest BCUT2D eigenvalue weighted by Crippen LogP contribution is -1.93. The highest BCUT2D eigenvalue weighted by Crippen LogP contribution is 2.20. The first-order chi connectivity index (χ1) is 9.20. The zero-order chi connectivity index (χ0) is 13.7. The highest BCUT2D eigenvalue weighted by atomic mass is 19.1. The molecule has 0 amide bonds. The van der Waals surface area contributed by atoms with Crippen LogP contribution in [0.5, 0.6) is 0 Å². The van der Waals surface area contributed by atoms with Gasteiger partial charge in [-0.05, 0) is 47.5 Å². The molecule has 0 bridgehead atoms. The Morgan fingerprint density at radius 2 is 1.95 bits per heavy atom. The molecule has 0 aliphatic heterocycles. The van der Waals surface area contributed by atoms with Gasteiger partial charge in [0.15, 0.2) is 0 Å². The Balaban J connectivity index is 2.13. The van der Waals surface area contributed by atoms with Crippen molar-refractivity contribution in [2.75, 3.05) is 5.32 Å². The highest BCUT2D eigenvalue weighted by Gasteiger charge is 2.02. The summed E-state index contributed by atoms with van der Waals surface area (Å²) in [6.45, 7) is 7.80. The number of anilines is 1. The van der Waals surface area contributed by atoms with E-state index in [1.54, 1.807) is 24.4 Å². The van der Waals surface area contributed by atoms with E-state index in [2.05, 4.69) is 23.5 Å². The molecule has 1 aromatic heterocycles. The van der Waals surface area contributed by atoms with Gasteiger partial charge < -0.3 is 10.3 Å². The molecule has 1 aromatic carbocycles. The largest absolute Gasteiger partial charge is 0.361 e. The molecule has 0 saturated carbocycles. The van der Waals surface area contributed by atoms with E-state index >= 15 is 0 Å². The van der Waals surface area contributed by atoms with Crippen LogP contribution in [-0.2, 0) is 0 Å². The van der Waals surface area contributed by atoms with Crippen molar-refractivity contribution in [3.63, 3.8) is 0 Å². The molecule has 0 saturated heterocycles. The zero-order valence-corrected chi connectivity index (χ0v) is 10.5. The van der Waals surface area contributed by atoms with Crippen LogP contribution in [-0.4, -0.2) is 4.98 Å². The third-order valence-corrected chi connectivity index (χ3v) is 2.73. The molecule has 0 spiro atoms. The standard InChI is InChI=1S/C16H15FN2/c1-3-13(12(2)16-5-4-10-18-16)11-19-15-8-6-14(17)7-9-15/h3-11,18-19H,1-2H2/b13-11+. The maximum Gasteiger partial charge on any atom is 0.123 e. The van der Waals surface area contributed by atoms with E-state index in [1.807, 2.05) is 18.3 Å². The summed E-state index contributed by atoms with van der Waals surface area (Å²) in [4.78, 5) is 3.09. The molecule has 0 aliphatic carbocycles. The van der Waals surface area contributed by atoms with Crippen molar-refractivity contribution in [3.8, 4) is 0 Å². The first kappa shape index (κ1) is 12.9. The maximum absolute atomic E-state index is 12.8. The number of aromatic nitrogens is 1. The summed E-state index contributed by atoms with van der Waals surface area (Å²) in [5.41, 5.74) is 3.45. The molecular formula is C16H15FN2. The number of nitrogens with one attached hydrogen (secondary N) is 2. The average molecular weight is 254 g/mol. The van der Waals surface area contributed by atoms with E-state index in [4.69, 9.17) is 0 Å². The molecule has 0 unspecified atom stereocenters. The second-order valence-electron chi connectivity index (χ2n) is 4.02. The molecule has 2 aromatic rings. The Kier molecular flexibility index (Phi) is 3.98. The number of rotatable bonds is 5. The van der Waals surface area contributed by atoms with Crippen molar-refractivity contribution in [2.45, 2.75) is 0 Å². The summed E-state index contributed by atoms with van der Waals surface area (Å²) < 4.78 is 12.8. The summed E-state index contributed by atoms with van der Waals surface area (Å²) in [5, 5.41) is 3.09. The Bertz CT molecular complexity index is 592. The molecule has 19 heavy (non-hydrogen) atoms. The van der Waals surface area contributed by atoms with E-state index in [-0.39, 0.29) is 5.82 Å². The van der Waals surface area contributed by atoms with E-state index in [9.17, 15) is 4.39 Å². The Hall–Kier alpha value is -2.55. The van der Waals surface area contributed by atoms with Crippen LogP contribution >= 0.6 is 0 Å². The monoisotopic (exact) mass is 254 g/mol. The number of aromatic amines is 1. The van der Waals surface area contributed by atoms with Crippen molar-refractivity contribution in [1.82, 2.24) is 4.98 Å². The number of hydrogen-bond acceptors (Lipinski definition) is 1. The average Bonchev–Trinajstić information content (AvgIpc) is 2.95. The molecule has 1 heterocycles. The van der Waals surface area contributed by atoms with Crippen LogP contribution in [0.15, 0.2) is 73.6 Å². The number of hydrogen-bond donors (Lipinski definition) is 2. The van der Waals surface area contributed by atoms with Gasteiger partial charge in [0.2, 0.25) is 0 Å². The van der Waals surface area contributed by atoms with Gasteiger partial charge in [0, 0.05) is 23.8 Å². The fourth-order valence-electron chi connectivity index (χ4n) is 1.65. The molecular weight excluding hydrogens is 239 g/mol. The van der Waals surface area contributed by atoms with Crippen LogP contribution in [0.4, 0.5) is 10.1 Å². The van der Waals surface area contributed by atoms with E-state index in [1.165, 1.54) is 12.1 Å². The van der Waals surface area contributed by atoms with Crippen molar-refractivity contribution < 1.29 is 4.39 Å². The van der Waals surface area contributed by atoms with E-state index < -0.39 is 0 Å². The highest BCUT2D eigenvalue weighted by molar-refractivity contribution is 5.78. The fraction of sp³-hybridized carbons (Fsp3) is 0. The smallest absolute Gasteiger partial charge is 0.123 e. The molecule has 2 nitrogen and oxygen atoms in total. The minimum Gasteiger partial charge on any atom is -0.361 e. The zero-order valence-electron chi connectivity index (χ0n) is 10.5. The normalized spacial score (nSPS) is 11.1. The molecule has 0 atom stereocenters. The lowest BCUT2D eigenvalue weighted by molar-refractivity contribution is 0.628. The van der Waals surface area contributed by atoms with Gasteiger partial charge in [-0.3, -0.25) is 0 Å². The van der Waals surface area contributed by atoms with Crippen LogP contribution in [0.25, 0.3) is 5.57 Å². The summed E-state index contributed by atoms with van der Waals surface area (Å²) in [6, 6.07) is 10.0. The van der Waals surface area contributed by atoms with Crippen molar-refractivity contribution >= 4 is 11.3 Å². The van der Waals surface area contributed by atoms with Crippen LogP contribution in [0.1, 0.15) is 5.69 Å². The second-order valence-corrected chi connectivity index (χ2v) is 4.02. The molecule has 3 heteroatoms. The number of halogens is 1. The van der Waals surface area contributed by atoms with Gasteiger partial charge in [0.25, 0.3) is 0 Å². The van der Waals surface area contributed by atoms with Gasteiger partial charge >= 0.3 is 0 Å². The van der Waals surface area contributed by atoms with Gasteiger partial charge in [0.05, 0.1) is 0 Å². The lowest BCUT2D eigenvalue weighted by Gasteiger charge is -2.07. The predicted molar refractivity (Wildman–Crippen MR) is 78.1 cm³/mol. The minimum absolute atomic E-state index is 0.255. The Morgan fingerprint density at radius 3 is 2.53 bits per heavy atom. The topological polar surface area (TPSA) is 27.8 Å². The van der Waals surface area contributed by atoms with Crippen molar-refractivity contribution in [3.05, 3.63) is 85.1 Å². The first-order valence-corrected chi connectivity index (χ1v) is 5.88. The first-order valence-electron chi connectivity index (χ1n) is 5.88. The van der Waals surface area contributed by atoms with E-state index in [0.717, 1.165) is 22.5 Å². The fourth-order valence-corrected chi connectivity index (χ4v) is 1.65. The molecule has 2 N–H and O–H groups in total. The van der Waals surface area contributed by atoms with E-state index in [0.29, 0.717) is 0 Å². The SMILES string of the molecule is C=C/C(=C\Nc1ccc(F)cc1)C(=C)c1ccc[nH]1. The van der Waals surface area contributed by atoms with Gasteiger partial charge in [-0.2, -0.15) is 0 Å². The van der Waals surface area contributed by atoms with Crippen molar-refractivity contribution in [1.29, 1.82) is 0 Å². The van der Waals surface area contributed by atoms with Gasteiger partial charge in [-0.1, -0.05) is 19.2 Å². The third-order valence-electron chi connectivity index (χ3n) is 2.73. The Morgan fingerprint density at radius 1 is 1.21 bits per heavy atom. The van der Waals surface area contributed by atoms with Crippen LogP contribution in [0, 0.1) is 5.82 Å². The summed E-state index contributed by atoms with van der Waals surface area (Å²) in [7, 11) is 0. The number of allylic oxidation sites excluding steroid dienone is 3. The minimum atomic E-state index is -0.255. The quantitative estimate of drug-likeness (QED) is 0.763. The summed E-state index contributed by atoms with van der Waals surface area (Å²) >= 11 is 0. The lowest BCUT2D eigenvalue weighted by atomic mass is 10.1. The summed E-state index contributed by atoms with van der Waals surface area (Å²) in [5.74, 6) is -0.255. The number of H-pyrrole nitrogens is 1. The van der Waals surface area contributed by atoms with Crippen LogP contribution in [0.3, 0.4) is 0 Å². The maximum atomic E-state index is 12.8. The second kappa shape index (κ2) is 5.87.